The second-order valence-electron chi connectivity index (χ2n) is 5.71. The van der Waals surface area contributed by atoms with Crippen LogP contribution in [0, 0.1) is 17.8 Å². The Hall–Kier alpha value is -1.06. The molecule has 2 aliphatic rings. The molecule has 0 bridgehead atoms. The summed E-state index contributed by atoms with van der Waals surface area (Å²) in [5, 5.41) is 12.1. The van der Waals surface area contributed by atoms with Crippen molar-refractivity contribution >= 4 is 11.9 Å². The van der Waals surface area contributed by atoms with Crippen LogP contribution in [0.1, 0.15) is 51.4 Å². The minimum absolute atomic E-state index is 0.0403. The molecular formula is C14H23NO3. The van der Waals surface area contributed by atoms with Crippen molar-refractivity contribution in [2.45, 2.75) is 51.4 Å². The molecule has 0 aromatic carbocycles. The smallest absolute Gasteiger partial charge is 0.307 e. The molecule has 2 rings (SSSR count). The summed E-state index contributed by atoms with van der Waals surface area (Å²) in [6.45, 7) is 0.715. The van der Waals surface area contributed by atoms with E-state index in [2.05, 4.69) is 5.32 Å². The van der Waals surface area contributed by atoms with Crippen LogP contribution >= 0.6 is 0 Å². The highest BCUT2D eigenvalue weighted by Gasteiger charge is 2.35. The minimum Gasteiger partial charge on any atom is -0.481 e. The van der Waals surface area contributed by atoms with Crippen LogP contribution in [0.15, 0.2) is 0 Å². The molecule has 4 nitrogen and oxygen atoms in total. The van der Waals surface area contributed by atoms with Gasteiger partial charge in [0.25, 0.3) is 0 Å². The molecule has 0 aliphatic heterocycles. The van der Waals surface area contributed by atoms with Gasteiger partial charge in [0.15, 0.2) is 0 Å². The fourth-order valence-electron chi connectivity index (χ4n) is 3.05. The van der Waals surface area contributed by atoms with Gasteiger partial charge in [0, 0.05) is 6.54 Å². The lowest BCUT2D eigenvalue weighted by Crippen LogP contribution is -2.40. The average molecular weight is 253 g/mol. The molecule has 0 aromatic rings. The fourth-order valence-corrected chi connectivity index (χ4v) is 3.05. The summed E-state index contributed by atoms with van der Waals surface area (Å²) in [5.74, 6) is -0.845. The predicted octanol–water partition coefficient (Wildman–Crippen LogP) is 2.18. The number of rotatable bonds is 5. The van der Waals surface area contributed by atoms with Crippen molar-refractivity contribution in [3.63, 3.8) is 0 Å². The van der Waals surface area contributed by atoms with Crippen LogP contribution in [0.5, 0.6) is 0 Å². The monoisotopic (exact) mass is 253 g/mol. The van der Waals surface area contributed by atoms with E-state index < -0.39 is 11.9 Å². The van der Waals surface area contributed by atoms with Gasteiger partial charge in [-0.15, -0.1) is 0 Å². The largest absolute Gasteiger partial charge is 0.481 e. The van der Waals surface area contributed by atoms with Gasteiger partial charge >= 0.3 is 5.97 Å². The molecule has 0 aromatic heterocycles. The normalized spacial score (nSPS) is 28.4. The summed E-state index contributed by atoms with van der Waals surface area (Å²) in [7, 11) is 0. The SMILES string of the molecule is O=C(O)C1CCCCC1C(=O)NCCC1CCC1. The Bertz CT molecular complexity index is 312. The van der Waals surface area contributed by atoms with Crippen molar-refractivity contribution in [1.29, 1.82) is 0 Å². The van der Waals surface area contributed by atoms with E-state index in [-0.39, 0.29) is 11.8 Å². The lowest BCUT2D eigenvalue weighted by molar-refractivity contribution is -0.148. The zero-order valence-electron chi connectivity index (χ0n) is 10.9. The lowest BCUT2D eigenvalue weighted by atomic mass is 9.78. The van der Waals surface area contributed by atoms with E-state index in [9.17, 15) is 9.59 Å². The Morgan fingerprint density at radius 3 is 2.22 bits per heavy atom. The maximum Gasteiger partial charge on any atom is 0.307 e. The summed E-state index contributed by atoms with van der Waals surface area (Å²) in [6.07, 6.45) is 8.24. The van der Waals surface area contributed by atoms with Crippen LogP contribution in [-0.2, 0) is 9.59 Å². The third kappa shape index (κ3) is 3.24. The van der Waals surface area contributed by atoms with E-state index in [1.54, 1.807) is 0 Å². The molecule has 18 heavy (non-hydrogen) atoms. The molecule has 1 amide bonds. The number of amides is 1. The quantitative estimate of drug-likeness (QED) is 0.789. The molecule has 0 saturated heterocycles. The molecule has 0 heterocycles. The Labute approximate surface area is 108 Å². The number of carbonyl (C=O) groups is 2. The molecule has 2 saturated carbocycles. The second-order valence-corrected chi connectivity index (χ2v) is 5.71. The number of hydrogen-bond donors (Lipinski definition) is 2. The number of carboxylic acid groups (broad SMARTS) is 1. The standard InChI is InChI=1S/C14H23NO3/c16-13(15-9-8-10-4-3-5-10)11-6-1-2-7-12(11)14(17)18/h10-12H,1-9H2,(H,15,16)(H,17,18). The van der Waals surface area contributed by atoms with Crippen molar-refractivity contribution in [2.75, 3.05) is 6.54 Å². The fraction of sp³-hybridized carbons (Fsp3) is 0.857. The third-order valence-corrected chi connectivity index (χ3v) is 4.50. The van der Waals surface area contributed by atoms with Crippen molar-refractivity contribution in [3.05, 3.63) is 0 Å². The van der Waals surface area contributed by atoms with E-state index in [0.717, 1.165) is 31.6 Å². The average Bonchev–Trinajstić information content (AvgIpc) is 2.32. The molecule has 4 heteroatoms. The first kappa shape index (κ1) is 13.4. The summed E-state index contributed by atoms with van der Waals surface area (Å²) in [6, 6.07) is 0. The van der Waals surface area contributed by atoms with Gasteiger partial charge in [-0.25, -0.2) is 0 Å². The van der Waals surface area contributed by atoms with Gasteiger partial charge in [-0.3, -0.25) is 9.59 Å². The van der Waals surface area contributed by atoms with E-state index >= 15 is 0 Å². The molecule has 2 N–H and O–H groups in total. The predicted molar refractivity (Wildman–Crippen MR) is 68.1 cm³/mol. The molecule has 2 aliphatic carbocycles. The molecule has 102 valence electrons. The van der Waals surface area contributed by atoms with Crippen LogP contribution in [0.2, 0.25) is 0 Å². The summed E-state index contributed by atoms with van der Waals surface area (Å²) in [4.78, 5) is 23.2. The Morgan fingerprint density at radius 1 is 1.00 bits per heavy atom. The maximum atomic E-state index is 12.0. The molecule has 0 spiro atoms. The molecule has 0 radical (unpaired) electrons. The first-order valence-electron chi connectivity index (χ1n) is 7.19. The maximum absolute atomic E-state index is 12.0. The van der Waals surface area contributed by atoms with Gasteiger partial charge in [-0.1, -0.05) is 32.1 Å². The first-order valence-corrected chi connectivity index (χ1v) is 7.19. The van der Waals surface area contributed by atoms with Crippen LogP contribution in [-0.4, -0.2) is 23.5 Å². The molecular weight excluding hydrogens is 230 g/mol. The van der Waals surface area contributed by atoms with Crippen molar-refractivity contribution in [2.24, 2.45) is 17.8 Å². The minimum atomic E-state index is -0.811. The second kappa shape index (κ2) is 6.21. The van der Waals surface area contributed by atoms with Crippen LogP contribution in [0.4, 0.5) is 0 Å². The summed E-state index contributed by atoms with van der Waals surface area (Å²) >= 11 is 0. The number of aliphatic carboxylic acids is 1. The molecule has 2 fully saturated rings. The highest BCUT2D eigenvalue weighted by Crippen LogP contribution is 2.31. The number of nitrogens with one attached hydrogen (secondary N) is 1. The highest BCUT2D eigenvalue weighted by molar-refractivity contribution is 5.84. The van der Waals surface area contributed by atoms with Gasteiger partial charge in [-0.05, 0) is 25.2 Å². The third-order valence-electron chi connectivity index (χ3n) is 4.50. The topological polar surface area (TPSA) is 66.4 Å². The summed E-state index contributed by atoms with van der Waals surface area (Å²) < 4.78 is 0. The number of hydrogen-bond acceptors (Lipinski definition) is 2. The van der Waals surface area contributed by atoms with Crippen molar-refractivity contribution in [1.82, 2.24) is 5.32 Å². The summed E-state index contributed by atoms with van der Waals surface area (Å²) in [5.41, 5.74) is 0. The van der Waals surface area contributed by atoms with Crippen LogP contribution in [0.3, 0.4) is 0 Å². The van der Waals surface area contributed by atoms with E-state index in [1.165, 1.54) is 19.3 Å². The molecule has 2 unspecified atom stereocenters. The number of carboxylic acids is 1. The van der Waals surface area contributed by atoms with E-state index in [1.807, 2.05) is 0 Å². The van der Waals surface area contributed by atoms with Gasteiger partial charge in [0.2, 0.25) is 5.91 Å². The zero-order valence-corrected chi connectivity index (χ0v) is 10.9. The van der Waals surface area contributed by atoms with Crippen LogP contribution < -0.4 is 5.32 Å². The van der Waals surface area contributed by atoms with Gasteiger partial charge < -0.3 is 10.4 Å². The number of carbonyl (C=O) groups excluding carboxylic acids is 1. The van der Waals surface area contributed by atoms with Crippen LogP contribution in [0.25, 0.3) is 0 Å². The first-order chi connectivity index (χ1) is 8.68. The van der Waals surface area contributed by atoms with Gasteiger partial charge in [-0.2, -0.15) is 0 Å². The Balaban J connectivity index is 1.76. The highest BCUT2D eigenvalue weighted by atomic mass is 16.4. The van der Waals surface area contributed by atoms with Crippen molar-refractivity contribution < 1.29 is 14.7 Å². The molecule has 2 atom stereocenters. The van der Waals surface area contributed by atoms with Gasteiger partial charge in [0.05, 0.1) is 11.8 Å². The zero-order chi connectivity index (χ0) is 13.0. The van der Waals surface area contributed by atoms with Crippen molar-refractivity contribution in [3.8, 4) is 0 Å². The lowest BCUT2D eigenvalue weighted by Gasteiger charge is -2.28. The van der Waals surface area contributed by atoms with E-state index in [4.69, 9.17) is 5.11 Å². The Kier molecular flexibility index (Phi) is 4.61. The van der Waals surface area contributed by atoms with Gasteiger partial charge in [0.1, 0.15) is 0 Å². The Morgan fingerprint density at radius 2 is 1.67 bits per heavy atom. The van der Waals surface area contributed by atoms with E-state index in [0.29, 0.717) is 13.0 Å².